The van der Waals surface area contributed by atoms with Crippen LogP contribution in [0, 0.1) is 0 Å². The largest absolute Gasteiger partial charge is 0.485 e. The van der Waals surface area contributed by atoms with Crippen molar-refractivity contribution < 1.29 is 23.2 Å². The fourth-order valence-electron chi connectivity index (χ4n) is 5.82. The maximum atomic E-state index is 14.8. The van der Waals surface area contributed by atoms with E-state index in [9.17, 15) is 13.7 Å². The van der Waals surface area contributed by atoms with Crippen LogP contribution in [-0.2, 0) is 26.0 Å². The van der Waals surface area contributed by atoms with Crippen molar-refractivity contribution in [2.24, 2.45) is 0 Å². The zero-order chi connectivity index (χ0) is 34.2. The summed E-state index contributed by atoms with van der Waals surface area (Å²) in [6.45, 7) is 1.66. The SMILES string of the molecule is CP(=O)(COc1ccccc1CP(=O)(c1ccccc1)c1ccccc1)COc1ccccc1CP(=O)(c1ccccc1)c1ccccc1. The summed E-state index contributed by atoms with van der Waals surface area (Å²) in [5, 5.41) is 3.09. The highest BCUT2D eigenvalue weighted by Gasteiger charge is 2.31. The second-order valence-electron chi connectivity index (χ2n) is 12.2. The molecule has 5 nitrogen and oxygen atoms in total. The number of hydrogen-bond acceptors (Lipinski definition) is 5. The Bertz CT molecular complexity index is 1880. The van der Waals surface area contributed by atoms with Crippen LogP contribution in [0.3, 0.4) is 0 Å². The quantitative estimate of drug-likeness (QED) is 0.106. The van der Waals surface area contributed by atoms with E-state index in [1.54, 1.807) is 6.66 Å². The van der Waals surface area contributed by atoms with Gasteiger partial charge in [0.05, 0.1) is 0 Å². The molecule has 0 atom stereocenters. The monoisotopic (exact) mass is 704 g/mol. The van der Waals surface area contributed by atoms with Gasteiger partial charge in [0.1, 0.15) is 38.5 Å². The second kappa shape index (κ2) is 15.4. The Morgan fingerprint density at radius 1 is 0.388 bits per heavy atom. The molecular weight excluding hydrogens is 665 g/mol. The summed E-state index contributed by atoms with van der Waals surface area (Å²) in [7, 11) is -9.09. The highest BCUT2D eigenvalue weighted by Crippen LogP contribution is 2.51. The van der Waals surface area contributed by atoms with Crippen molar-refractivity contribution in [3.05, 3.63) is 181 Å². The molecule has 8 heteroatoms. The Morgan fingerprint density at radius 3 is 0.959 bits per heavy atom. The molecule has 6 rings (SSSR count). The van der Waals surface area contributed by atoms with Crippen LogP contribution < -0.4 is 30.7 Å². The van der Waals surface area contributed by atoms with E-state index in [0.717, 1.165) is 32.3 Å². The zero-order valence-electron chi connectivity index (χ0n) is 27.4. The van der Waals surface area contributed by atoms with Crippen LogP contribution in [-0.4, -0.2) is 19.4 Å². The molecule has 0 unspecified atom stereocenters. The van der Waals surface area contributed by atoms with Crippen molar-refractivity contribution >= 4 is 42.6 Å². The van der Waals surface area contributed by atoms with Gasteiger partial charge in [-0.3, -0.25) is 0 Å². The van der Waals surface area contributed by atoms with Gasteiger partial charge in [0.25, 0.3) is 0 Å². The number of para-hydroxylation sites is 2. The van der Waals surface area contributed by atoms with E-state index < -0.39 is 21.4 Å². The summed E-state index contributed by atoms with van der Waals surface area (Å²) in [5.41, 5.74) is 1.56. The Balaban J connectivity index is 1.19. The Kier molecular flexibility index (Phi) is 10.9. The molecule has 0 saturated carbocycles. The minimum atomic E-state index is -3.05. The molecular formula is C41H39O5P3. The minimum absolute atomic E-state index is 0.0559. The molecule has 49 heavy (non-hydrogen) atoms. The fraction of sp³-hybridized carbons (Fsp3) is 0.122. The first-order valence-electron chi connectivity index (χ1n) is 16.1. The van der Waals surface area contributed by atoms with E-state index >= 15 is 0 Å². The number of benzene rings is 6. The molecule has 0 aliphatic rings. The average molecular weight is 705 g/mol. The topological polar surface area (TPSA) is 69.7 Å². The Hall–Kier alpha value is -4.39. The van der Waals surface area contributed by atoms with E-state index in [0.29, 0.717) is 11.5 Å². The first kappa shape index (κ1) is 34.5. The van der Waals surface area contributed by atoms with Gasteiger partial charge in [-0.1, -0.05) is 158 Å². The third-order valence-electron chi connectivity index (χ3n) is 8.41. The van der Waals surface area contributed by atoms with Crippen LogP contribution in [0.4, 0.5) is 0 Å². The molecule has 0 bridgehead atoms. The number of hydrogen-bond donors (Lipinski definition) is 0. The van der Waals surface area contributed by atoms with Crippen molar-refractivity contribution in [3.8, 4) is 11.5 Å². The molecule has 6 aromatic carbocycles. The lowest BCUT2D eigenvalue weighted by molar-refractivity contribution is 0.344. The second-order valence-corrected chi connectivity index (χ2v) is 21.0. The molecule has 0 N–H and O–H groups in total. The van der Waals surface area contributed by atoms with E-state index in [1.165, 1.54) is 0 Å². The van der Waals surface area contributed by atoms with Crippen molar-refractivity contribution in [3.63, 3.8) is 0 Å². The van der Waals surface area contributed by atoms with Crippen molar-refractivity contribution in [1.82, 2.24) is 0 Å². The van der Waals surface area contributed by atoms with Crippen molar-refractivity contribution in [2.75, 3.05) is 19.4 Å². The molecule has 0 amide bonds. The van der Waals surface area contributed by atoms with Gasteiger partial charge in [0, 0.05) is 44.7 Å². The first-order valence-corrected chi connectivity index (χ1v) is 22.5. The molecule has 0 radical (unpaired) electrons. The van der Waals surface area contributed by atoms with Crippen molar-refractivity contribution in [2.45, 2.75) is 12.3 Å². The van der Waals surface area contributed by atoms with Gasteiger partial charge < -0.3 is 23.2 Å². The summed E-state index contributed by atoms with van der Waals surface area (Å²) in [6.07, 6.45) is 0.412. The van der Waals surface area contributed by atoms with Gasteiger partial charge in [0.2, 0.25) is 0 Å². The summed E-state index contributed by atoms with van der Waals surface area (Å²) in [5.74, 6) is 1.09. The van der Waals surface area contributed by atoms with Crippen LogP contribution in [0.5, 0.6) is 11.5 Å². The van der Waals surface area contributed by atoms with E-state index in [2.05, 4.69) is 0 Å². The normalized spacial score (nSPS) is 11.9. The number of ether oxygens (including phenoxy) is 2. The van der Waals surface area contributed by atoms with Crippen LogP contribution in [0.25, 0.3) is 0 Å². The molecule has 0 spiro atoms. The molecule has 6 aromatic rings. The fourth-order valence-corrected chi connectivity index (χ4v) is 12.1. The van der Waals surface area contributed by atoms with Crippen LogP contribution in [0.15, 0.2) is 170 Å². The van der Waals surface area contributed by atoms with E-state index in [1.807, 2.05) is 170 Å². The lowest BCUT2D eigenvalue weighted by Gasteiger charge is -2.23. The third-order valence-corrected chi connectivity index (χ3v) is 15.9. The summed E-state index contributed by atoms with van der Waals surface area (Å²) in [6, 6.07) is 53.2. The van der Waals surface area contributed by atoms with Gasteiger partial charge in [-0.05, 0) is 18.8 Å². The molecule has 0 aliphatic heterocycles. The molecule has 0 heterocycles. The molecule has 0 saturated heterocycles. The highest BCUT2D eigenvalue weighted by molar-refractivity contribution is 7.78. The van der Waals surface area contributed by atoms with Gasteiger partial charge in [-0.25, -0.2) is 0 Å². The predicted octanol–water partition coefficient (Wildman–Crippen LogP) is 9.08. The molecule has 0 fully saturated rings. The van der Waals surface area contributed by atoms with Gasteiger partial charge in [0.15, 0.2) is 7.14 Å². The van der Waals surface area contributed by atoms with Gasteiger partial charge >= 0.3 is 0 Å². The summed E-state index contributed by atoms with van der Waals surface area (Å²) in [4.78, 5) is 0. The average Bonchev–Trinajstić information content (AvgIpc) is 3.15. The number of rotatable bonds is 14. The van der Waals surface area contributed by atoms with Crippen LogP contribution in [0.1, 0.15) is 11.1 Å². The van der Waals surface area contributed by atoms with Gasteiger partial charge in [-0.2, -0.15) is 0 Å². The Morgan fingerprint density at radius 2 is 0.653 bits per heavy atom. The van der Waals surface area contributed by atoms with Gasteiger partial charge in [-0.15, -0.1) is 0 Å². The predicted molar refractivity (Wildman–Crippen MR) is 204 cm³/mol. The molecule has 0 aliphatic carbocycles. The van der Waals surface area contributed by atoms with Crippen molar-refractivity contribution in [1.29, 1.82) is 0 Å². The lowest BCUT2D eigenvalue weighted by atomic mass is 10.2. The molecule has 248 valence electrons. The minimum Gasteiger partial charge on any atom is -0.485 e. The maximum Gasteiger partial charge on any atom is 0.156 e. The van der Waals surface area contributed by atoms with Crippen LogP contribution in [0.2, 0.25) is 0 Å². The van der Waals surface area contributed by atoms with E-state index in [4.69, 9.17) is 9.47 Å². The lowest BCUT2D eigenvalue weighted by Crippen LogP contribution is -2.18. The zero-order valence-corrected chi connectivity index (χ0v) is 30.1. The molecule has 0 aromatic heterocycles. The maximum absolute atomic E-state index is 14.8. The van der Waals surface area contributed by atoms with Crippen LogP contribution >= 0.6 is 21.4 Å². The smallest absolute Gasteiger partial charge is 0.156 e. The Labute approximate surface area is 289 Å². The standard InChI is InChI=1S/C41H39O5P3/c1-47(42,32-45-40-28-16-14-18-34(40)30-48(43,36-20-6-2-7-21-36)37-22-8-3-9-23-37)33-46-41-29-17-15-19-35(41)31-49(44,38-24-10-4-11-25-38)39-26-12-5-13-27-39/h2-29H,30-33H2,1H3. The van der Waals surface area contributed by atoms with E-state index in [-0.39, 0.29) is 25.0 Å². The first-order chi connectivity index (χ1) is 23.8. The summed E-state index contributed by atoms with van der Waals surface area (Å²) >= 11 is 0. The highest BCUT2D eigenvalue weighted by atomic mass is 31.2. The summed E-state index contributed by atoms with van der Waals surface area (Å²) < 4.78 is 55.9. The third kappa shape index (κ3) is 8.26.